The van der Waals surface area contributed by atoms with Crippen molar-refractivity contribution in [1.29, 1.82) is 0 Å². The first-order chi connectivity index (χ1) is 16.6. The highest BCUT2D eigenvalue weighted by Gasteiger charge is 2.21. The van der Waals surface area contributed by atoms with Crippen molar-refractivity contribution in [2.75, 3.05) is 32.1 Å². The van der Waals surface area contributed by atoms with Crippen molar-refractivity contribution in [3.8, 4) is 17.0 Å². The number of halogens is 2. The summed E-state index contributed by atoms with van der Waals surface area (Å²) < 4.78 is 8.22. The summed E-state index contributed by atoms with van der Waals surface area (Å²) in [6, 6.07) is 18.1. The number of nitrogens with zero attached hydrogens (tertiary/aromatic N) is 4. The first-order valence-electron chi connectivity index (χ1n) is 11.5. The van der Waals surface area contributed by atoms with E-state index in [1.165, 1.54) is 5.56 Å². The van der Waals surface area contributed by atoms with E-state index in [1.54, 1.807) is 13.3 Å². The molecule has 4 aromatic rings. The summed E-state index contributed by atoms with van der Waals surface area (Å²) in [6.45, 7) is 3.97. The van der Waals surface area contributed by atoms with Crippen LogP contribution in [0.5, 0.6) is 5.75 Å². The van der Waals surface area contributed by atoms with Crippen molar-refractivity contribution >= 4 is 39.0 Å². The van der Waals surface area contributed by atoms with E-state index in [-0.39, 0.29) is 0 Å². The number of methoxy groups -OCH3 is 1. The summed E-state index contributed by atoms with van der Waals surface area (Å²) in [5, 5.41) is 8.83. The lowest BCUT2D eigenvalue weighted by Gasteiger charge is -2.32. The SMILES string of the molecule is COc1ccccc1CN1CCC(CNc2cc(-c3ccccc3Cl)nc3c(Br)cnn23)CC1. The molecule has 3 heterocycles. The van der Waals surface area contributed by atoms with E-state index in [1.807, 2.05) is 47.0 Å². The van der Waals surface area contributed by atoms with Gasteiger partial charge in [-0.1, -0.05) is 48.0 Å². The van der Waals surface area contributed by atoms with Crippen molar-refractivity contribution < 1.29 is 4.74 Å². The van der Waals surface area contributed by atoms with Gasteiger partial charge in [0.2, 0.25) is 0 Å². The quantitative estimate of drug-likeness (QED) is 0.305. The van der Waals surface area contributed by atoms with Gasteiger partial charge in [-0.15, -0.1) is 0 Å². The van der Waals surface area contributed by atoms with E-state index in [2.05, 4.69) is 43.4 Å². The Morgan fingerprint density at radius 3 is 2.68 bits per heavy atom. The molecular weight excluding hydrogens is 514 g/mol. The van der Waals surface area contributed by atoms with Crippen molar-refractivity contribution in [2.24, 2.45) is 5.92 Å². The summed E-state index contributed by atoms with van der Waals surface area (Å²) >= 11 is 10.0. The van der Waals surface area contributed by atoms with E-state index in [4.69, 9.17) is 21.3 Å². The second kappa shape index (κ2) is 10.3. The van der Waals surface area contributed by atoms with Gasteiger partial charge in [0.15, 0.2) is 5.65 Å². The minimum Gasteiger partial charge on any atom is -0.496 e. The highest BCUT2D eigenvalue weighted by molar-refractivity contribution is 9.10. The predicted octanol–water partition coefficient (Wildman–Crippen LogP) is 6.14. The Labute approximate surface area is 213 Å². The molecule has 6 nitrogen and oxygen atoms in total. The maximum Gasteiger partial charge on any atom is 0.172 e. The second-order valence-electron chi connectivity index (χ2n) is 8.65. The average Bonchev–Trinajstić information content (AvgIpc) is 3.25. The topological polar surface area (TPSA) is 54.7 Å². The monoisotopic (exact) mass is 539 g/mol. The molecule has 1 saturated heterocycles. The molecule has 176 valence electrons. The van der Waals surface area contributed by atoms with Crippen molar-refractivity contribution in [2.45, 2.75) is 19.4 Å². The van der Waals surface area contributed by atoms with E-state index in [0.717, 1.165) is 72.0 Å². The van der Waals surface area contributed by atoms with Crippen LogP contribution in [0.3, 0.4) is 0 Å². The number of rotatable bonds is 7. The first kappa shape index (κ1) is 23.1. The van der Waals surface area contributed by atoms with Gasteiger partial charge in [0.05, 0.1) is 23.5 Å². The molecule has 0 amide bonds. The second-order valence-corrected chi connectivity index (χ2v) is 9.91. The van der Waals surface area contributed by atoms with E-state index >= 15 is 0 Å². The smallest absolute Gasteiger partial charge is 0.172 e. The first-order valence-corrected chi connectivity index (χ1v) is 12.7. The van der Waals surface area contributed by atoms with Crippen LogP contribution in [0, 0.1) is 5.92 Å². The molecule has 2 aromatic carbocycles. The molecule has 34 heavy (non-hydrogen) atoms. The van der Waals surface area contributed by atoms with E-state index in [0.29, 0.717) is 10.9 Å². The Kier molecular flexibility index (Phi) is 7.04. The standard InChI is InChI=1S/C26H27BrClN5O/c1-34-24-9-5-2-6-19(24)17-32-12-10-18(11-13-32)15-29-25-14-23(20-7-3-4-8-22(20)28)31-26-21(27)16-30-33(25)26/h2-9,14,16,18,29H,10-13,15,17H2,1H3. The maximum atomic E-state index is 6.46. The van der Waals surface area contributed by atoms with Crippen LogP contribution in [0.4, 0.5) is 5.82 Å². The van der Waals surface area contributed by atoms with Crippen LogP contribution in [-0.4, -0.2) is 46.2 Å². The minimum absolute atomic E-state index is 0.597. The molecule has 1 N–H and O–H groups in total. The number of hydrogen-bond donors (Lipinski definition) is 1. The largest absolute Gasteiger partial charge is 0.496 e. The van der Waals surface area contributed by atoms with Crippen molar-refractivity contribution in [3.63, 3.8) is 0 Å². The number of piperidine rings is 1. The zero-order valence-corrected chi connectivity index (χ0v) is 21.4. The maximum absolute atomic E-state index is 6.46. The molecule has 0 aliphatic carbocycles. The number of anilines is 1. The Bertz CT molecular complexity index is 1290. The van der Waals surface area contributed by atoms with Crippen LogP contribution >= 0.6 is 27.5 Å². The third-order valence-electron chi connectivity index (χ3n) is 6.44. The lowest BCUT2D eigenvalue weighted by molar-refractivity contribution is 0.180. The molecule has 1 aliphatic rings. The Morgan fingerprint density at radius 2 is 1.88 bits per heavy atom. The molecule has 0 spiro atoms. The summed E-state index contributed by atoms with van der Waals surface area (Å²) in [7, 11) is 1.74. The molecule has 0 radical (unpaired) electrons. The summed E-state index contributed by atoms with van der Waals surface area (Å²) in [4.78, 5) is 7.31. The van der Waals surface area contributed by atoms with Crippen molar-refractivity contribution in [3.05, 3.63) is 75.9 Å². The highest BCUT2D eigenvalue weighted by atomic mass is 79.9. The zero-order valence-electron chi connectivity index (χ0n) is 19.0. The fourth-order valence-corrected chi connectivity index (χ4v) is 5.12. The molecule has 0 atom stereocenters. The molecule has 8 heteroatoms. The van der Waals surface area contributed by atoms with Crippen LogP contribution in [0.25, 0.3) is 16.9 Å². The van der Waals surface area contributed by atoms with Gasteiger partial charge in [0, 0.05) is 35.3 Å². The van der Waals surface area contributed by atoms with Crippen LogP contribution in [0.2, 0.25) is 5.02 Å². The van der Waals surface area contributed by atoms with Crippen LogP contribution in [0.1, 0.15) is 18.4 Å². The van der Waals surface area contributed by atoms with Crippen molar-refractivity contribution in [1.82, 2.24) is 19.5 Å². The Hall–Kier alpha value is -2.61. The third kappa shape index (κ3) is 4.92. The molecule has 5 rings (SSSR count). The van der Waals surface area contributed by atoms with E-state index in [9.17, 15) is 0 Å². The summed E-state index contributed by atoms with van der Waals surface area (Å²) in [5.41, 5.74) is 3.75. The normalized spacial score (nSPS) is 15.0. The predicted molar refractivity (Wildman–Crippen MR) is 141 cm³/mol. The fourth-order valence-electron chi connectivity index (χ4n) is 4.54. The molecule has 1 fully saturated rings. The van der Waals surface area contributed by atoms with Crippen LogP contribution in [-0.2, 0) is 6.54 Å². The van der Waals surface area contributed by atoms with Gasteiger partial charge in [-0.05, 0) is 59.9 Å². The number of nitrogens with one attached hydrogen (secondary N) is 1. The number of fused-ring (bicyclic) bond motifs is 1. The van der Waals surface area contributed by atoms with Crippen LogP contribution < -0.4 is 10.1 Å². The number of hydrogen-bond acceptors (Lipinski definition) is 5. The third-order valence-corrected chi connectivity index (χ3v) is 7.33. The van der Waals surface area contributed by atoms with Gasteiger partial charge in [0.1, 0.15) is 11.6 Å². The molecule has 1 aliphatic heterocycles. The molecule has 0 unspecified atom stereocenters. The number of likely N-dealkylation sites (tertiary alicyclic amines) is 1. The number of aromatic nitrogens is 3. The fraction of sp³-hybridized carbons (Fsp3) is 0.308. The van der Waals surface area contributed by atoms with Gasteiger partial charge in [-0.2, -0.15) is 9.61 Å². The van der Waals surface area contributed by atoms with Gasteiger partial charge in [-0.3, -0.25) is 4.90 Å². The molecule has 0 saturated carbocycles. The average molecular weight is 541 g/mol. The Morgan fingerprint density at radius 1 is 1.12 bits per heavy atom. The molecule has 0 bridgehead atoms. The Balaban J connectivity index is 1.26. The van der Waals surface area contributed by atoms with Gasteiger partial charge in [-0.25, -0.2) is 4.98 Å². The lowest BCUT2D eigenvalue weighted by atomic mass is 9.96. The number of benzene rings is 2. The van der Waals surface area contributed by atoms with Gasteiger partial charge in [0.25, 0.3) is 0 Å². The zero-order chi connectivity index (χ0) is 23.5. The minimum atomic E-state index is 0.597. The van der Waals surface area contributed by atoms with Gasteiger partial charge >= 0.3 is 0 Å². The van der Waals surface area contributed by atoms with E-state index < -0.39 is 0 Å². The molecular formula is C26H27BrClN5O. The summed E-state index contributed by atoms with van der Waals surface area (Å²) in [6.07, 6.45) is 4.08. The lowest BCUT2D eigenvalue weighted by Crippen LogP contribution is -2.35. The molecule has 2 aromatic heterocycles. The van der Waals surface area contributed by atoms with Gasteiger partial charge < -0.3 is 10.1 Å². The highest BCUT2D eigenvalue weighted by Crippen LogP contribution is 2.31. The van der Waals surface area contributed by atoms with Crippen LogP contribution in [0.15, 0.2) is 65.3 Å². The number of para-hydroxylation sites is 1. The summed E-state index contributed by atoms with van der Waals surface area (Å²) in [5.74, 6) is 2.48. The number of ether oxygens (including phenoxy) is 1.